The average Bonchev–Trinajstić information content (AvgIpc) is 1.93. The molecule has 1 aromatic heterocycles. The Morgan fingerprint density at radius 1 is 1.00 bits per heavy atom. The number of hydrogen-bond donors (Lipinski definition) is 0. The van der Waals surface area contributed by atoms with Crippen LogP contribution in [0.3, 0.4) is 0 Å². The summed E-state index contributed by atoms with van der Waals surface area (Å²) >= 11 is 1.75. The molecule has 9 heavy (non-hydrogen) atoms. The van der Waals surface area contributed by atoms with E-state index in [9.17, 15) is 0 Å². The Morgan fingerprint density at radius 3 is 1.56 bits per heavy atom. The predicted molar refractivity (Wildman–Crippen MR) is 47.2 cm³/mol. The van der Waals surface area contributed by atoms with E-state index in [4.69, 9.17) is 0 Å². The van der Waals surface area contributed by atoms with Crippen LogP contribution in [0.15, 0.2) is 30.1 Å². The molecule has 1 rings (SSSR count). The summed E-state index contributed by atoms with van der Waals surface area (Å²) in [4.78, 5) is 0. The van der Waals surface area contributed by atoms with Crippen LogP contribution in [0.4, 0.5) is 0 Å². The zero-order chi connectivity index (χ0) is 6.95. The van der Waals surface area contributed by atoms with Crippen molar-refractivity contribution in [2.45, 2.75) is 0 Å². The molecule has 0 fully saturated rings. The van der Waals surface area contributed by atoms with Crippen molar-refractivity contribution in [2.24, 2.45) is 0 Å². The molecule has 0 saturated carbocycles. The van der Waals surface area contributed by atoms with Gasteiger partial charge in [0.2, 0.25) is 0 Å². The molecule has 0 unspecified atom stereocenters. The third-order valence-electron chi connectivity index (χ3n) is 0.667. The van der Waals surface area contributed by atoms with Crippen molar-refractivity contribution >= 4 is 18.7 Å². The van der Waals surface area contributed by atoms with Crippen LogP contribution in [-0.2, 0) is 0 Å². The van der Waals surface area contributed by atoms with Gasteiger partial charge in [0.25, 0.3) is 0 Å². The van der Waals surface area contributed by atoms with E-state index < -0.39 is 0 Å². The summed E-state index contributed by atoms with van der Waals surface area (Å²) in [6.07, 6.45) is 4.08. The molecule has 0 saturated heterocycles. The van der Waals surface area contributed by atoms with Crippen LogP contribution >= 0.6 is 11.8 Å². The normalized spacial score (nSPS) is 6.89. The Balaban J connectivity index is 0.000000187. The zero-order valence-electron chi connectivity index (χ0n) is 5.87. The van der Waals surface area contributed by atoms with E-state index in [1.54, 1.807) is 11.8 Å². The average molecular weight is 138 g/mol. The summed E-state index contributed by atoms with van der Waals surface area (Å²) in [7, 11) is 0. The number of thioether (sulfide) groups is 1. The molecule has 1 aromatic rings. The Bertz CT molecular complexity index is 91.8. The van der Waals surface area contributed by atoms with Crippen molar-refractivity contribution in [3.05, 3.63) is 30.1 Å². The molecule has 0 spiro atoms. The summed E-state index contributed by atoms with van der Waals surface area (Å²) in [6.45, 7) is 2.00. The maximum atomic E-state index is 2.04. The molecule has 0 aliphatic carbocycles. The minimum atomic E-state index is 1.75. The standard InChI is InChI=1S/C5H5B.C2H6S/c1-2-4-6-5-3-1;1-3-2/h1-5H;1-2H3. The molecular weight excluding hydrogens is 127 g/mol. The van der Waals surface area contributed by atoms with Gasteiger partial charge in [0.1, 0.15) is 0 Å². The van der Waals surface area contributed by atoms with Crippen molar-refractivity contribution in [1.82, 2.24) is 0 Å². The second-order valence-corrected chi connectivity index (χ2v) is 2.38. The maximum absolute atomic E-state index is 2.04. The molecule has 0 radical (unpaired) electrons. The van der Waals surface area contributed by atoms with Gasteiger partial charge in [0, 0.05) is 0 Å². The van der Waals surface area contributed by atoms with Crippen molar-refractivity contribution in [3.8, 4) is 0 Å². The van der Waals surface area contributed by atoms with Crippen LogP contribution < -0.4 is 0 Å². The molecule has 1 heterocycles. The molecule has 0 aromatic carbocycles. The summed E-state index contributed by atoms with van der Waals surface area (Å²) in [5.74, 6) is 4.00. The van der Waals surface area contributed by atoms with Crippen molar-refractivity contribution in [2.75, 3.05) is 12.5 Å². The van der Waals surface area contributed by atoms with Gasteiger partial charge in [-0.05, 0) is 12.5 Å². The van der Waals surface area contributed by atoms with Crippen LogP contribution in [0, 0.1) is 0 Å². The Morgan fingerprint density at radius 2 is 1.44 bits per heavy atom. The third kappa shape index (κ3) is 7.76. The predicted octanol–water partition coefficient (Wildman–Crippen LogP) is 2.00. The Hall–Kier alpha value is -0.235. The fourth-order valence-corrected chi connectivity index (χ4v) is 0.385. The summed E-state index contributed by atoms with van der Waals surface area (Å²) in [6, 6.07) is 6.00. The van der Waals surface area contributed by atoms with E-state index >= 15 is 0 Å². The van der Waals surface area contributed by atoms with Crippen LogP contribution in [-0.4, -0.2) is 19.4 Å². The molecule has 0 aliphatic rings. The SMILES string of the molecule is CSC.b1ccccc1. The molecule has 0 amide bonds. The number of rotatable bonds is 0. The van der Waals surface area contributed by atoms with Crippen molar-refractivity contribution in [1.29, 1.82) is 0 Å². The van der Waals surface area contributed by atoms with Crippen LogP contribution in [0.2, 0.25) is 0 Å². The molecule has 0 nitrogen and oxygen atoms in total. The first kappa shape index (κ1) is 8.76. The third-order valence-corrected chi connectivity index (χ3v) is 0.667. The molecule has 0 aliphatic heterocycles. The summed E-state index contributed by atoms with van der Waals surface area (Å²) in [5.41, 5.74) is 0. The summed E-state index contributed by atoms with van der Waals surface area (Å²) in [5, 5.41) is 0. The van der Waals surface area contributed by atoms with Gasteiger partial charge < -0.3 is 0 Å². The Kier molecular flexibility index (Phi) is 7.56. The van der Waals surface area contributed by atoms with Crippen LogP contribution in [0.25, 0.3) is 0 Å². The van der Waals surface area contributed by atoms with E-state index in [0.29, 0.717) is 0 Å². The van der Waals surface area contributed by atoms with E-state index in [2.05, 4.69) is 0 Å². The van der Waals surface area contributed by atoms with Gasteiger partial charge in [-0.1, -0.05) is 0 Å². The first-order valence-electron chi connectivity index (χ1n) is 2.82. The van der Waals surface area contributed by atoms with Gasteiger partial charge in [-0.2, -0.15) is 11.8 Å². The quantitative estimate of drug-likeness (QED) is 0.528. The molecular formula is C7H11BS. The molecule has 0 N–H and O–H groups in total. The first-order valence-corrected chi connectivity index (χ1v) is 4.45. The second-order valence-electron chi connectivity index (χ2n) is 1.56. The monoisotopic (exact) mass is 138 g/mol. The van der Waals surface area contributed by atoms with Crippen molar-refractivity contribution in [3.63, 3.8) is 0 Å². The van der Waals surface area contributed by atoms with Gasteiger partial charge in [-0.15, -0.1) is 0 Å². The molecule has 0 atom stereocenters. The molecule has 0 bridgehead atoms. The molecule has 2 heteroatoms. The van der Waals surface area contributed by atoms with E-state index in [1.807, 2.05) is 49.5 Å². The van der Waals surface area contributed by atoms with Gasteiger partial charge in [-0.25, -0.2) is 0 Å². The van der Waals surface area contributed by atoms with Gasteiger partial charge in [0.15, 0.2) is 0 Å². The van der Waals surface area contributed by atoms with E-state index in [-0.39, 0.29) is 0 Å². The van der Waals surface area contributed by atoms with Crippen LogP contribution in [0.5, 0.6) is 0 Å². The van der Waals surface area contributed by atoms with Gasteiger partial charge in [0.05, 0.1) is 0 Å². The Labute approximate surface area is 61.9 Å². The zero-order valence-corrected chi connectivity index (χ0v) is 6.69. The van der Waals surface area contributed by atoms with Crippen LogP contribution in [0.1, 0.15) is 0 Å². The topological polar surface area (TPSA) is 0 Å². The van der Waals surface area contributed by atoms with E-state index in [1.165, 1.54) is 0 Å². The van der Waals surface area contributed by atoms with Gasteiger partial charge >= 0.3 is 37.0 Å². The van der Waals surface area contributed by atoms with E-state index in [0.717, 1.165) is 0 Å². The summed E-state index contributed by atoms with van der Waals surface area (Å²) < 4.78 is 0. The van der Waals surface area contributed by atoms with Gasteiger partial charge in [-0.3, -0.25) is 0 Å². The fourth-order valence-electron chi connectivity index (χ4n) is 0.385. The first-order chi connectivity index (χ1) is 4.41. The molecule has 48 valence electrons. The van der Waals surface area contributed by atoms with Crippen molar-refractivity contribution < 1.29 is 0 Å². The minimum absolute atomic E-state index is 1.75. The second kappa shape index (κ2) is 7.76. The fraction of sp³-hybridized carbons (Fsp3) is 0.286. The number of hydrogen-bond acceptors (Lipinski definition) is 1.